The normalized spacial score (nSPS) is 23.7. The Morgan fingerprint density at radius 2 is 2.12 bits per heavy atom. The second kappa shape index (κ2) is 6.11. The predicted octanol–water partition coefficient (Wildman–Crippen LogP) is 3.40. The zero-order chi connectivity index (χ0) is 17.4. The fourth-order valence-electron chi connectivity index (χ4n) is 3.72. The molecule has 2 aromatic heterocycles. The number of anilines is 1. The van der Waals surface area contributed by atoms with E-state index in [9.17, 15) is 0 Å². The molecule has 1 aliphatic rings. The molecule has 130 valence electrons. The molecule has 0 bridgehead atoms. The van der Waals surface area contributed by atoms with Gasteiger partial charge in [-0.1, -0.05) is 18.2 Å². The molecular formula is C19H24N6. The number of nitrogens with one attached hydrogen (secondary N) is 2. The zero-order valence-electron chi connectivity index (χ0n) is 14.7. The topological polar surface area (TPSA) is 92.5 Å². The van der Waals surface area contributed by atoms with Crippen molar-refractivity contribution in [1.82, 2.24) is 20.2 Å². The minimum atomic E-state index is -0.109. The molecule has 25 heavy (non-hydrogen) atoms. The van der Waals surface area contributed by atoms with E-state index in [0.29, 0.717) is 12.0 Å². The largest absolute Gasteiger partial charge is 0.351 e. The number of hydrogen-bond acceptors (Lipinski definition) is 5. The Balaban J connectivity index is 1.65. The van der Waals surface area contributed by atoms with Crippen LogP contribution in [-0.2, 0) is 0 Å². The molecule has 6 heteroatoms. The van der Waals surface area contributed by atoms with Crippen molar-refractivity contribution in [2.45, 2.75) is 51.1 Å². The summed E-state index contributed by atoms with van der Waals surface area (Å²) in [5.41, 5.74) is 9.96. The van der Waals surface area contributed by atoms with Gasteiger partial charge in [-0.15, -0.1) is 0 Å². The molecule has 6 nitrogen and oxygen atoms in total. The molecule has 0 radical (unpaired) electrons. The van der Waals surface area contributed by atoms with Crippen molar-refractivity contribution in [3.63, 3.8) is 0 Å². The van der Waals surface area contributed by atoms with Crippen LogP contribution in [0.5, 0.6) is 0 Å². The van der Waals surface area contributed by atoms with E-state index in [1.807, 2.05) is 31.3 Å². The Morgan fingerprint density at radius 3 is 2.96 bits per heavy atom. The van der Waals surface area contributed by atoms with Gasteiger partial charge in [0, 0.05) is 23.2 Å². The van der Waals surface area contributed by atoms with Gasteiger partial charge < -0.3 is 11.1 Å². The number of benzene rings is 1. The number of aromatic nitrogens is 4. The number of fused-ring (bicyclic) bond motifs is 1. The summed E-state index contributed by atoms with van der Waals surface area (Å²) in [6.45, 7) is 4.14. The Bertz CT molecular complexity index is 898. The molecule has 1 fully saturated rings. The van der Waals surface area contributed by atoms with Gasteiger partial charge in [-0.25, -0.2) is 9.97 Å². The van der Waals surface area contributed by atoms with Gasteiger partial charge in [-0.3, -0.25) is 5.10 Å². The third kappa shape index (κ3) is 3.22. The van der Waals surface area contributed by atoms with E-state index >= 15 is 0 Å². The van der Waals surface area contributed by atoms with Crippen molar-refractivity contribution in [2.75, 3.05) is 5.32 Å². The Kier molecular flexibility index (Phi) is 3.92. The molecule has 0 saturated heterocycles. The molecule has 1 aliphatic carbocycles. The Hall–Kier alpha value is -2.47. The summed E-state index contributed by atoms with van der Waals surface area (Å²) in [5.74, 6) is 0.649. The number of nitrogens with zero attached hydrogens (tertiary/aromatic N) is 3. The molecule has 0 aliphatic heterocycles. The average molecular weight is 336 g/mol. The molecule has 1 aromatic carbocycles. The summed E-state index contributed by atoms with van der Waals surface area (Å²) < 4.78 is 0. The molecule has 4 rings (SSSR count). The first kappa shape index (κ1) is 16.0. The van der Waals surface area contributed by atoms with Crippen LogP contribution in [0.2, 0.25) is 0 Å². The number of aryl methyl sites for hydroxylation is 1. The van der Waals surface area contributed by atoms with Crippen LogP contribution in [0.15, 0.2) is 30.5 Å². The summed E-state index contributed by atoms with van der Waals surface area (Å²) in [6.07, 6.45) is 6.10. The number of rotatable bonds is 3. The molecule has 3 aromatic rings. The van der Waals surface area contributed by atoms with Gasteiger partial charge in [-0.2, -0.15) is 5.10 Å². The quantitative estimate of drug-likeness (QED) is 0.682. The van der Waals surface area contributed by atoms with E-state index in [4.69, 9.17) is 10.7 Å². The molecule has 4 N–H and O–H groups in total. The highest BCUT2D eigenvalue weighted by Gasteiger charge is 2.28. The van der Waals surface area contributed by atoms with E-state index in [1.54, 1.807) is 0 Å². The molecule has 0 spiro atoms. The van der Waals surface area contributed by atoms with E-state index in [1.165, 1.54) is 0 Å². The number of nitrogens with two attached hydrogens (primary N) is 1. The molecule has 2 heterocycles. The minimum Gasteiger partial charge on any atom is -0.351 e. The first-order valence-corrected chi connectivity index (χ1v) is 8.84. The van der Waals surface area contributed by atoms with Crippen molar-refractivity contribution in [3.8, 4) is 11.4 Å². The van der Waals surface area contributed by atoms with Crippen molar-refractivity contribution in [1.29, 1.82) is 0 Å². The summed E-state index contributed by atoms with van der Waals surface area (Å²) in [4.78, 5) is 9.23. The second-order valence-corrected chi connectivity index (χ2v) is 7.43. The van der Waals surface area contributed by atoms with Crippen molar-refractivity contribution in [3.05, 3.63) is 36.0 Å². The highest BCUT2D eigenvalue weighted by Crippen LogP contribution is 2.30. The highest BCUT2D eigenvalue weighted by atomic mass is 15.2. The van der Waals surface area contributed by atoms with Gasteiger partial charge in [0.15, 0.2) is 0 Å². The zero-order valence-corrected chi connectivity index (χ0v) is 14.7. The maximum Gasteiger partial charge on any atom is 0.223 e. The lowest BCUT2D eigenvalue weighted by Gasteiger charge is -2.35. The predicted molar refractivity (Wildman–Crippen MR) is 100 cm³/mol. The van der Waals surface area contributed by atoms with E-state index in [0.717, 1.165) is 53.5 Å². The Labute approximate surface area is 147 Å². The summed E-state index contributed by atoms with van der Waals surface area (Å²) in [7, 11) is 0. The van der Waals surface area contributed by atoms with Crippen LogP contribution in [0.4, 0.5) is 5.95 Å². The fraction of sp³-hybridized carbons (Fsp3) is 0.421. The van der Waals surface area contributed by atoms with Gasteiger partial charge in [-0.05, 0) is 51.2 Å². The van der Waals surface area contributed by atoms with Gasteiger partial charge in [0.25, 0.3) is 0 Å². The van der Waals surface area contributed by atoms with Crippen LogP contribution in [0.25, 0.3) is 22.3 Å². The third-order valence-corrected chi connectivity index (χ3v) is 5.01. The summed E-state index contributed by atoms with van der Waals surface area (Å²) >= 11 is 0. The van der Waals surface area contributed by atoms with E-state index in [2.05, 4.69) is 33.5 Å². The molecule has 0 unspecified atom stereocenters. The minimum absolute atomic E-state index is 0.109. The van der Waals surface area contributed by atoms with Crippen molar-refractivity contribution < 1.29 is 0 Å². The van der Waals surface area contributed by atoms with Gasteiger partial charge >= 0.3 is 0 Å². The van der Waals surface area contributed by atoms with Crippen molar-refractivity contribution in [2.24, 2.45) is 5.73 Å². The highest BCUT2D eigenvalue weighted by molar-refractivity contribution is 5.92. The lowest BCUT2D eigenvalue weighted by molar-refractivity contribution is 0.302. The van der Waals surface area contributed by atoms with E-state index < -0.39 is 0 Å². The fourth-order valence-corrected chi connectivity index (χ4v) is 3.72. The first-order valence-electron chi connectivity index (χ1n) is 8.84. The van der Waals surface area contributed by atoms with Crippen LogP contribution in [0.1, 0.15) is 38.2 Å². The molecule has 1 saturated carbocycles. The third-order valence-electron chi connectivity index (χ3n) is 5.01. The van der Waals surface area contributed by atoms with Gasteiger partial charge in [0.1, 0.15) is 5.69 Å². The van der Waals surface area contributed by atoms with Gasteiger partial charge in [0.2, 0.25) is 5.95 Å². The standard InChI is InChI=1S/C19H24N6/c1-12-11-21-18(22-13-6-5-9-19(2,20)10-13)23-16(12)17-14-7-3-4-8-15(14)24-25-17/h3-4,7-8,11,13H,5-6,9-10,20H2,1-2H3,(H,24,25)(H,21,22,23)/t13-,19+/m1/s1. The number of aromatic amines is 1. The van der Waals surface area contributed by atoms with Crippen LogP contribution in [-0.4, -0.2) is 31.7 Å². The molecular weight excluding hydrogens is 312 g/mol. The lowest BCUT2D eigenvalue weighted by Crippen LogP contribution is -2.45. The first-order chi connectivity index (χ1) is 12.0. The summed E-state index contributed by atoms with van der Waals surface area (Å²) in [5, 5.41) is 12.1. The number of H-pyrrole nitrogens is 1. The molecule has 0 amide bonds. The molecule has 2 atom stereocenters. The van der Waals surface area contributed by atoms with Crippen LogP contribution in [0, 0.1) is 6.92 Å². The smallest absolute Gasteiger partial charge is 0.223 e. The second-order valence-electron chi connectivity index (χ2n) is 7.43. The maximum atomic E-state index is 6.32. The van der Waals surface area contributed by atoms with Crippen molar-refractivity contribution >= 4 is 16.9 Å². The maximum absolute atomic E-state index is 6.32. The summed E-state index contributed by atoms with van der Waals surface area (Å²) in [6, 6.07) is 8.41. The SMILES string of the molecule is Cc1cnc(N[C@@H]2CCC[C@](C)(N)C2)nc1-c1n[nH]c2ccccc12. The number of para-hydroxylation sites is 1. The van der Waals surface area contributed by atoms with Crippen LogP contribution < -0.4 is 11.1 Å². The van der Waals surface area contributed by atoms with Gasteiger partial charge in [0.05, 0.1) is 11.2 Å². The number of hydrogen-bond donors (Lipinski definition) is 3. The average Bonchev–Trinajstić information content (AvgIpc) is 3.00. The van der Waals surface area contributed by atoms with Crippen LogP contribution >= 0.6 is 0 Å². The lowest BCUT2D eigenvalue weighted by atomic mass is 9.81. The van der Waals surface area contributed by atoms with Crippen LogP contribution in [0.3, 0.4) is 0 Å². The Morgan fingerprint density at radius 1 is 1.28 bits per heavy atom. The van der Waals surface area contributed by atoms with E-state index in [-0.39, 0.29) is 5.54 Å². The monoisotopic (exact) mass is 336 g/mol.